The molecule has 36 heavy (non-hydrogen) atoms. The SMILES string of the molecule is O=c1c2ccccc2oc2c(-c3ccc(-c4cccc5c(=O)c6ccccc6oc45)cc3)cccc12. The minimum absolute atomic E-state index is 0.0386. The van der Waals surface area contributed by atoms with Crippen molar-refractivity contribution >= 4 is 43.9 Å². The van der Waals surface area contributed by atoms with E-state index in [1.165, 1.54) is 0 Å². The topological polar surface area (TPSA) is 60.4 Å². The zero-order chi connectivity index (χ0) is 24.2. The Kier molecular flexibility index (Phi) is 4.42. The summed E-state index contributed by atoms with van der Waals surface area (Å²) in [5, 5.41) is 2.25. The lowest BCUT2D eigenvalue weighted by atomic mass is 9.97. The van der Waals surface area contributed by atoms with Gasteiger partial charge in [0.2, 0.25) is 10.9 Å². The first-order valence-corrected chi connectivity index (χ1v) is 11.7. The van der Waals surface area contributed by atoms with E-state index in [-0.39, 0.29) is 10.9 Å². The molecule has 0 spiro atoms. The van der Waals surface area contributed by atoms with E-state index in [1.807, 2.05) is 84.9 Å². The standard InChI is InChI=1S/C32H18O4/c33-29-23-7-1-3-13-27(23)35-31-21(9-5-11-25(29)31)19-15-17-20(18-16-19)22-10-6-12-26-30(34)24-8-2-4-14-28(24)36-32(22)26/h1-18H. The molecule has 0 saturated heterocycles. The molecule has 4 heteroatoms. The van der Waals surface area contributed by atoms with E-state index in [0.29, 0.717) is 43.9 Å². The fourth-order valence-corrected chi connectivity index (χ4v) is 4.93. The van der Waals surface area contributed by atoms with Gasteiger partial charge in [-0.25, -0.2) is 0 Å². The molecular formula is C32H18O4. The van der Waals surface area contributed by atoms with Gasteiger partial charge in [-0.15, -0.1) is 0 Å². The van der Waals surface area contributed by atoms with Crippen molar-refractivity contribution in [1.82, 2.24) is 0 Å². The van der Waals surface area contributed by atoms with Crippen molar-refractivity contribution in [2.75, 3.05) is 0 Å². The van der Waals surface area contributed by atoms with E-state index >= 15 is 0 Å². The number of rotatable bonds is 2. The number of benzene rings is 5. The van der Waals surface area contributed by atoms with Gasteiger partial charge < -0.3 is 8.83 Å². The Bertz CT molecular complexity index is 1930. The normalized spacial score (nSPS) is 11.6. The molecule has 0 saturated carbocycles. The van der Waals surface area contributed by atoms with Crippen molar-refractivity contribution in [2.45, 2.75) is 0 Å². The van der Waals surface area contributed by atoms with Crippen molar-refractivity contribution in [2.24, 2.45) is 0 Å². The summed E-state index contributed by atoms with van der Waals surface area (Å²) in [6, 6.07) is 33.9. The van der Waals surface area contributed by atoms with Crippen LogP contribution in [-0.2, 0) is 0 Å². The summed E-state index contributed by atoms with van der Waals surface area (Å²) in [7, 11) is 0. The van der Waals surface area contributed by atoms with Crippen LogP contribution in [0.4, 0.5) is 0 Å². The maximum absolute atomic E-state index is 13.1. The molecule has 7 rings (SSSR count). The summed E-state index contributed by atoms with van der Waals surface area (Å²) in [5.74, 6) is 0. The molecule has 0 unspecified atom stereocenters. The van der Waals surface area contributed by atoms with Crippen LogP contribution in [0.25, 0.3) is 66.1 Å². The van der Waals surface area contributed by atoms with Gasteiger partial charge in [-0.05, 0) is 47.5 Å². The minimum atomic E-state index is -0.0386. The van der Waals surface area contributed by atoms with Crippen LogP contribution in [0.15, 0.2) is 128 Å². The zero-order valence-corrected chi connectivity index (χ0v) is 19.0. The molecule has 170 valence electrons. The quantitative estimate of drug-likeness (QED) is 0.247. The summed E-state index contributed by atoms with van der Waals surface area (Å²) < 4.78 is 12.4. The third-order valence-corrected chi connectivity index (χ3v) is 6.71. The second-order valence-electron chi connectivity index (χ2n) is 8.80. The summed E-state index contributed by atoms with van der Waals surface area (Å²) in [6.45, 7) is 0. The first kappa shape index (κ1) is 20.4. The Labute approximate surface area is 204 Å². The zero-order valence-electron chi connectivity index (χ0n) is 19.0. The predicted molar refractivity (Wildman–Crippen MR) is 144 cm³/mol. The molecule has 2 heterocycles. The molecule has 5 aromatic carbocycles. The number of para-hydroxylation sites is 4. The molecule has 0 bridgehead atoms. The average Bonchev–Trinajstić information content (AvgIpc) is 2.93. The maximum atomic E-state index is 13.1. The molecule has 0 aliphatic heterocycles. The third kappa shape index (κ3) is 3.01. The molecule has 0 aliphatic carbocycles. The number of fused-ring (bicyclic) bond motifs is 4. The van der Waals surface area contributed by atoms with Crippen LogP contribution < -0.4 is 10.9 Å². The fourth-order valence-electron chi connectivity index (χ4n) is 4.93. The highest BCUT2D eigenvalue weighted by atomic mass is 16.3. The molecule has 2 aromatic heterocycles. The van der Waals surface area contributed by atoms with Crippen LogP contribution in [0.3, 0.4) is 0 Å². The van der Waals surface area contributed by atoms with Gasteiger partial charge >= 0.3 is 0 Å². The molecule has 0 atom stereocenters. The number of hydrogen-bond acceptors (Lipinski definition) is 4. The molecule has 0 radical (unpaired) electrons. The maximum Gasteiger partial charge on any atom is 0.200 e. The van der Waals surface area contributed by atoms with E-state index in [1.54, 1.807) is 24.3 Å². The van der Waals surface area contributed by atoms with Crippen LogP contribution in [0, 0.1) is 0 Å². The Morgan fingerprint density at radius 3 is 1.22 bits per heavy atom. The highest BCUT2D eigenvalue weighted by Gasteiger charge is 2.14. The summed E-state index contributed by atoms with van der Waals surface area (Å²) in [6.07, 6.45) is 0. The largest absolute Gasteiger partial charge is 0.455 e. The summed E-state index contributed by atoms with van der Waals surface area (Å²) >= 11 is 0. The number of hydrogen-bond donors (Lipinski definition) is 0. The summed E-state index contributed by atoms with van der Waals surface area (Å²) in [5.41, 5.74) is 5.73. The minimum Gasteiger partial charge on any atom is -0.455 e. The van der Waals surface area contributed by atoms with Gasteiger partial charge in [0.15, 0.2) is 0 Å². The van der Waals surface area contributed by atoms with Crippen LogP contribution in [0.5, 0.6) is 0 Å². The lowest BCUT2D eigenvalue weighted by molar-refractivity contribution is 0.660. The van der Waals surface area contributed by atoms with Crippen molar-refractivity contribution in [3.63, 3.8) is 0 Å². The van der Waals surface area contributed by atoms with Crippen LogP contribution in [-0.4, -0.2) is 0 Å². The lowest BCUT2D eigenvalue weighted by Crippen LogP contribution is -2.02. The van der Waals surface area contributed by atoms with E-state index in [9.17, 15) is 9.59 Å². The fraction of sp³-hybridized carbons (Fsp3) is 0. The van der Waals surface area contributed by atoms with Gasteiger partial charge in [0.05, 0.1) is 21.5 Å². The lowest BCUT2D eigenvalue weighted by Gasteiger charge is -2.10. The van der Waals surface area contributed by atoms with E-state index in [2.05, 4.69) is 0 Å². The van der Waals surface area contributed by atoms with Crippen molar-refractivity contribution in [1.29, 1.82) is 0 Å². The smallest absolute Gasteiger partial charge is 0.200 e. The second kappa shape index (κ2) is 7.79. The second-order valence-corrected chi connectivity index (χ2v) is 8.80. The van der Waals surface area contributed by atoms with Gasteiger partial charge in [0.1, 0.15) is 22.3 Å². The van der Waals surface area contributed by atoms with Crippen LogP contribution in [0.2, 0.25) is 0 Å². The van der Waals surface area contributed by atoms with Gasteiger partial charge in [0.25, 0.3) is 0 Å². The Morgan fingerprint density at radius 1 is 0.389 bits per heavy atom. The van der Waals surface area contributed by atoms with Crippen molar-refractivity contribution in [3.8, 4) is 22.3 Å². The first-order valence-electron chi connectivity index (χ1n) is 11.7. The van der Waals surface area contributed by atoms with Crippen molar-refractivity contribution < 1.29 is 8.83 Å². The third-order valence-electron chi connectivity index (χ3n) is 6.71. The van der Waals surface area contributed by atoms with E-state index in [0.717, 1.165) is 22.3 Å². The highest BCUT2D eigenvalue weighted by Crippen LogP contribution is 2.34. The average molecular weight is 466 g/mol. The molecule has 4 nitrogen and oxygen atoms in total. The highest BCUT2D eigenvalue weighted by molar-refractivity contribution is 5.99. The molecule has 0 fully saturated rings. The Hall–Kier alpha value is -4.96. The Balaban J connectivity index is 1.40. The summed E-state index contributed by atoms with van der Waals surface area (Å²) in [4.78, 5) is 26.1. The molecular weight excluding hydrogens is 448 g/mol. The molecule has 0 N–H and O–H groups in total. The van der Waals surface area contributed by atoms with Gasteiger partial charge in [-0.1, -0.05) is 72.8 Å². The first-order chi connectivity index (χ1) is 17.7. The Morgan fingerprint density at radius 2 is 0.778 bits per heavy atom. The van der Waals surface area contributed by atoms with Crippen molar-refractivity contribution in [3.05, 3.63) is 130 Å². The molecule has 0 aliphatic rings. The predicted octanol–water partition coefficient (Wildman–Crippen LogP) is 7.54. The van der Waals surface area contributed by atoms with Gasteiger partial charge in [0, 0.05) is 11.1 Å². The monoisotopic (exact) mass is 466 g/mol. The van der Waals surface area contributed by atoms with E-state index in [4.69, 9.17) is 8.83 Å². The van der Waals surface area contributed by atoms with E-state index < -0.39 is 0 Å². The molecule has 0 amide bonds. The molecule has 7 aromatic rings. The van der Waals surface area contributed by atoms with Gasteiger partial charge in [-0.2, -0.15) is 0 Å². The van der Waals surface area contributed by atoms with Crippen LogP contribution >= 0.6 is 0 Å². The van der Waals surface area contributed by atoms with Crippen LogP contribution in [0.1, 0.15) is 0 Å². The van der Waals surface area contributed by atoms with Gasteiger partial charge in [-0.3, -0.25) is 9.59 Å².